The molecule has 21 nitrogen and oxygen atoms in total. The van der Waals surface area contributed by atoms with E-state index in [4.69, 9.17) is 77.2 Å². The molecular weight excluding hydrogens is 1220 g/mol. The first kappa shape index (κ1) is 67.4. The molecule has 6 aromatic carbocycles. The first-order valence-corrected chi connectivity index (χ1v) is 32.4. The van der Waals surface area contributed by atoms with E-state index in [0.29, 0.717) is 5.56 Å². The van der Waals surface area contributed by atoms with Crippen molar-refractivity contribution >= 4 is 54.5 Å². The van der Waals surface area contributed by atoms with Crippen molar-refractivity contribution in [1.29, 1.82) is 0 Å². The van der Waals surface area contributed by atoms with Crippen molar-refractivity contribution in [3.63, 3.8) is 0 Å². The Hall–Kier alpha value is -8.44. The summed E-state index contributed by atoms with van der Waals surface area (Å²) in [6, 6.07) is 52.8. The molecule has 488 valence electrons. The van der Waals surface area contributed by atoms with Crippen molar-refractivity contribution in [2.45, 2.75) is 152 Å². The van der Waals surface area contributed by atoms with E-state index in [0.717, 1.165) is 31.1 Å². The van der Waals surface area contributed by atoms with Crippen molar-refractivity contribution in [2.24, 2.45) is 0 Å². The minimum Gasteiger partial charge on any atom is -0.456 e. The molecule has 0 aliphatic carbocycles. The molecule has 0 amide bonds. The molecule has 0 N–H and O–H groups in total. The first-order valence-electron chi connectivity index (χ1n) is 30.5. The van der Waals surface area contributed by atoms with Gasteiger partial charge in [-0.3, -0.25) is 14.4 Å². The van der Waals surface area contributed by atoms with Crippen LogP contribution < -0.4 is 10.4 Å². The summed E-state index contributed by atoms with van der Waals surface area (Å²) in [5.41, 5.74) is 0.924. The summed E-state index contributed by atoms with van der Waals surface area (Å²) < 4.78 is 99.2. The quantitative estimate of drug-likeness (QED) is 0.0289. The summed E-state index contributed by atoms with van der Waals surface area (Å²) >= 11 is 0. The Kier molecular flexibility index (Phi) is 22.1. The van der Waals surface area contributed by atoms with Gasteiger partial charge in [-0.05, 0) is 58.7 Å². The third kappa shape index (κ3) is 15.8. The summed E-state index contributed by atoms with van der Waals surface area (Å²) in [5.74, 6) is -2.69. The smallest absolute Gasteiger partial charge is 0.338 e. The number of rotatable bonds is 21. The van der Waals surface area contributed by atoms with Crippen molar-refractivity contribution in [1.82, 2.24) is 0 Å². The molecule has 6 aromatic rings. The van der Waals surface area contributed by atoms with Gasteiger partial charge >= 0.3 is 35.8 Å². The summed E-state index contributed by atoms with van der Waals surface area (Å²) in [4.78, 5) is 83.5. The van der Waals surface area contributed by atoms with Crippen LogP contribution in [0, 0.1) is 12.3 Å². The Bertz CT molecular complexity index is 3480. The SMILES string of the molecule is C#CCO[C@@H]1O[C@H](CO[Si](c2ccccc2)(c2ccccc2)C(C)(C)C)[C@@H](O[C@@H]2O[C@@H]3CO[C@@H](c4ccccc4)O[C@H]3[C@H](OC(=O)c3ccccc3)[C@H]2OC(=O)c2ccccc2)[C@H](OC(=O)c2ccccc2)[C@H]1O[C@@H]1O[C@@H](C)[C@H](OC(C)=O)[C@@H](OC(C)=O)[C@H]1OC(C)=O. The van der Waals surface area contributed by atoms with Gasteiger partial charge in [0, 0.05) is 26.3 Å². The van der Waals surface area contributed by atoms with Crippen LogP contribution >= 0.6 is 0 Å². The van der Waals surface area contributed by atoms with Crippen LogP contribution in [0.4, 0.5) is 0 Å². The van der Waals surface area contributed by atoms with Crippen LogP contribution in [-0.4, -0.2) is 156 Å². The minimum absolute atomic E-state index is 0.0611. The Labute approximate surface area is 540 Å². The Balaban J connectivity index is 1.17. The van der Waals surface area contributed by atoms with Gasteiger partial charge in [-0.15, -0.1) is 6.42 Å². The molecule has 10 rings (SSSR count). The lowest BCUT2D eigenvalue weighted by molar-refractivity contribution is -0.395. The van der Waals surface area contributed by atoms with Crippen LogP contribution in [0.1, 0.15) is 91.4 Å². The zero-order valence-electron chi connectivity index (χ0n) is 52.3. The van der Waals surface area contributed by atoms with Gasteiger partial charge in [0.25, 0.3) is 8.32 Å². The summed E-state index contributed by atoms with van der Waals surface area (Å²) in [5, 5.41) is 1.12. The fourth-order valence-electron chi connectivity index (χ4n) is 12.1. The lowest BCUT2D eigenvalue weighted by Gasteiger charge is -2.52. The molecule has 93 heavy (non-hydrogen) atoms. The lowest BCUT2D eigenvalue weighted by atomic mass is 9.95. The van der Waals surface area contributed by atoms with Crippen LogP contribution in [0.3, 0.4) is 0 Å². The number of benzene rings is 6. The summed E-state index contributed by atoms with van der Waals surface area (Å²) in [6.45, 7) is 10.1. The molecule has 4 aliphatic rings. The molecule has 0 saturated carbocycles. The van der Waals surface area contributed by atoms with Crippen molar-refractivity contribution in [3.05, 3.63) is 204 Å². The van der Waals surface area contributed by atoms with Gasteiger partial charge in [-0.25, -0.2) is 14.4 Å². The molecule has 4 heterocycles. The molecule has 16 atom stereocenters. The largest absolute Gasteiger partial charge is 0.456 e. The van der Waals surface area contributed by atoms with Gasteiger partial charge in [-0.1, -0.05) is 172 Å². The molecular formula is C71H74O21Si. The van der Waals surface area contributed by atoms with Crippen LogP contribution in [0.25, 0.3) is 0 Å². The van der Waals surface area contributed by atoms with Crippen LogP contribution in [0.15, 0.2) is 182 Å². The molecule has 0 spiro atoms. The fourth-order valence-corrected chi connectivity index (χ4v) is 16.6. The van der Waals surface area contributed by atoms with Crippen molar-refractivity contribution in [2.75, 3.05) is 19.8 Å². The summed E-state index contributed by atoms with van der Waals surface area (Å²) in [7, 11) is -3.57. The highest BCUT2D eigenvalue weighted by Gasteiger charge is 2.61. The maximum Gasteiger partial charge on any atom is 0.338 e. The highest BCUT2D eigenvalue weighted by molar-refractivity contribution is 6.99. The van der Waals surface area contributed by atoms with Gasteiger partial charge in [0.2, 0.25) is 0 Å². The zero-order valence-corrected chi connectivity index (χ0v) is 53.3. The average Bonchev–Trinajstić information content (AvgIpc) is 0.799. The van der Waals surface area contributed by atoms with Gasteiger partial charge in [0.1, 0.15) is 31.0 Å². The highest BCUT2D eigenvalue weighted by Crippen LogP contribution is 2.43. The second-order valence-electron chi connectivity index (χ2n) is 23.6. The number of esters is 6. The van der Waals surface area contributed by atoms with E-state index in [1.165, 1.54) is 31.2 Å². The number of fused-ring (bicyclic) bond motifs is 1. The Morgan fingerprint density at radius 3 is 1.40 bits per heavy atom. The van der Waals surface area contributed by atoms with Gasteiger partial charge in [0.15, 0.2) is 67.9 Å². The number of carbonyl (C=O) groups is 6. The second-order valence-corrected chi connectivity index (χ2v) is 27.9. The molecule has 0 unspecified atom stereocenters. The first-order chi connectivity index (χ1) is 44.8. The standard InChI is InChI=1S/C71H74O21Si/c1-9-40-78-68-61(92-69-62(84-46(5)74)58(83-45(4)73)55(43(2)81-69)82-44(3)72)59(87-64(75)47-28-16-10-17-29-47)57(54(85-68)42-80-93(71(6,7)8,51-36-24-14-25-37-51)52-38-26-15-27-39-52)91-70-63(89-66(77)49-32-20-12-21-33-49)60(88-65(76)48-30-18-11-19-31-48)56-53(86-70)41-79-67(90-56)50-34-22-13-23-35-50/h1,10-39,43,53-63,67-70H,40-42H2,2-8H3/t43-,53+,54+,55-,56+,57+,58+,59-,60-,61+,62+,63+,67+,68+,69-,70-/m0/s1. The van der Waals surface area contributed by atoms with E-state index in [1.807, 2.05) is 78.9 Å². The van der Waals surface area contributed by atoms with Gasteiger partial charge in [0.05, 0.1) is 36.0 Å². The van der Waals surface area contributed by atoms with Gasteiger partial charge < -0.3 is 70.7 Å². The topological polar surface area (TPSA) is 241 Å². The highest BCUT2D eigenvalue weighted by atomic mass is 28.4. The van der Waals surface area contributed by atoms with E-state index in [-0.39, 0.29) is 29.9 Å². The molecule has 4 aliphatic heterocycles. The van der Waals surface area contributed by atoms with Gasteiger partial charge in [-0.2, -0.15) is 0 Å². The fraction of sp³-hybridized carbons (Fsp3) is 0.380. The monoisotopic (exact) mass is 1290 g/mol. The summed E-state index contributed by atoms with van der Waals surface area (Å²) in [6.07, 6.45) is -18.6. The predicted octanol–water partition coefficient (Wildman–Crippen LogP) is 7.76. The number of hydrogen-bond acceptors (Lipinski definition) is 21. The van der Waals surface area contributed by atoms with Crippen molar-refractivity contribution in [3.8, 4) is 12.3 Å². The number of hydrogen-bond donors (Lipinski definition) is 0. The third-order valence-corrected chi connectivity index (χ3v) is 21.1. The molecule has 0 radical (unpaired) electrons. The van der Waals surface area contributed by atoms with Crippen LogP contribution in [-0.2, 0) is 85.1 Å². The maximum atomic E-state index is 15.2. The van der Waals surface area contributed by atoms with Crippen LogP contribution in [0.5, 0.6) is 0 Å². The third-order valence-electron chi connectivity index (χ3n) is 16.1. The normalized spacial score (nSPS) is 27.8. The number of ether oxygens (including phenoxy) is 14. The average molecular weight is 1290 g/mol. The zero-order chi connectivity index (χ0) is 65.8. The molecule has 4 fully saturated rings. The number of terminal acetylenes is 1. The molecule has 0 bridgehead atoms. The van der Waals surface area contributed by atoms with E-state index in [9.17, 15) is 24.0 Å². The van der Waals surface area contributed by atoms with Crippen molar-refractivity contribution < 1.29 is 99.5 Å². The number of carbonyl (C=O) groups excluding carboxylic acids is 6. The second kappa shape index (κ2) is 30.5. The molecule has 22 heteroatoms. The molecule has 4 saturated heterocycles. The van der Waals surface area contributed by atoms with E-state index in [1.54, 1.807) is 78.9 Å². The predicted molar refractivity (Wildman–Crippen MR) is 333 cm³/mol. The Morgan fingerprint density at radius 1 is 0.484 bits per heavy atom. The lowest BCUT2D eigenvalue weighted by Crippen LogP contribution is -2.70. The van der Waals surface area contributed by atoms with E-state index >= 15 is 4.79 Å². The minimum atomic E-state index is -3.57. The Morgan fingerprint density at radius 2 is 0.903 bits per heavy atom. The maximum absolute atomic E-state index is 15.2. The van der Waals surface area contributed by atoms with E-state index in [2.05, 4.69) is 26.7 Å². The molecule has 0 aromatic heterocycles. The van der Waals surface area contributed by atoms with Crippen LogP contribution in [0.2, 0.25) is 5.04 Å². The van der Waals surface area contributed by atoms with E-state index < -0.39 is 154 Å².